The third-order valence-electron chi connectivity index (χ3n) is 1.19. The molecule has 14 heavy (non-hydrogen) atoms. The van der Waals surface area contributed by atoms with Crippen molar-refractivity contribution < 1.29 is 39.0 Å². The van der Waals surface area contributed by atoms with E-state index in [1.165, 1.54) is 0 Å². The van der Waals surface area contributed by atoms with Crippen molar-refractivity contribution in [2.45, 2.75) is 4.90 Å². The van der Waals surface area contributed by atoms with Crippen molar-refractivity contribution >= 4 is 70.6 Å². The van der Waals surface area contributed by atoms with Gasteiger partial charge in [-0.15, -0.1) is 12.6 Å². The summed E-state index contributed by atoms with van der Waals surface area (Å²) in [6.45, 7) is 0. The Labute approximate surface area is 138 Å². The van der Waals surface area contributed by atoms with Crippen LogP contribution in [0.2, 0.25) is 25.1 Å². The number of hydrogen-bond donors (Lipinski definition) is 1. The summed E-state index contributed by atoms with van der Waals surface area (Å²) in [4.78, 5) is 0.331. The number of thiol groups is 1. The Morgan fingerprint density at radius 1 is 0.571 bits per heavy atom. The molecule has 0 N–H and O–H groups in total. The fourth-order valence-corrected chi connectivity index (χ4v) is 2.09. The molecule has 70 valence electrons. The van der Waals surface area contributed by atoms with E-state index in [1.54, 1.807) is 0 Å². The molecule has 0 amide bonds. The smallest absolute Gasteiger partial charge is 0.0809 e. The van der Waals surface area contributed by atoms with Crippen LogP contribution >= 0.6 is 70.6 Å². The van der Waals surface area contributed by atoms with Crippen molar-refractivity contribution in [3.8, 4) is 0 Å². The van der Waals surface area contributed by atoms with E-state index < -0.39 is 0 Å². The average molecular weight is 413 g/mol. The summed E-state index contributed by atoms with van der Waals surface area (Å²) >= 11 is 32.6. The summed E-state index contributed by atoms with van der Waals surface area (Å²) in [6.07, 6.45) is 0. The van der Waals surface area contributed by atoms with Crippen LogP contribution in [0.4, 0.5) is 0 Å². The molecule has 1 rings (SSSR count). The molecule has 0 atom stereocenters. The molecule has 0 aromatic heterocycles. The van der Waals surface area contributed by atoms with Crippen LogP contribution in [0.1, 0.15) is 0 Å². The number of benzene rings is 1. The summed E-state index contributed by atoms with van der Waals surface area (Å²) < 4.78 is 0. The quantitative estimate of drug-likeness (QED) is 0.256. The van der Waals surface area contributed by atoms with Crippen LogP contribution in [0.15, 0.2) is 4.90 Å². The van der Waals surface area contributed by atoms with Gasteiger partial charge in [-0.3, -0.25) is 0 Å². The average Bonchev–Trinajstić information content (AvgIpc) is 2.08. The molecule has 0 fully saturated rings. The van der Waals surface area contributed by atoms with Crippen LogP contribution in [-0.2, 0) is 39.0 Å². The largest absolute Gasteiger partial charge is 0.140 e. The van der Waals surface area contributed by atoms with E-state index in [9.17, 15) is 0 Å². The second-order valence-corrected chi connectivity index (χ2v) is 4.26. The molecular weight excluding hydrogens is 412 g/mol. The molecule has 0 heterocycles. The zero-order chi connectivity index (χ0) is 9.46. The Bertz CT molecular complexity index is 238. The molecule has 0 saturated heterocycles. The maximum Gasteiger partial charge on any atom is 0.0809 e. The first-order chi connectivity index (χ1) is 5.46. The van der Waals surface area contributed by atoms with Gasteiger partial charge in [0.05, 0.1) is 25.1 Å². The van der Waals surface area contributed by atoms with Gasteiger partial charge in [0.2, 0.25) is 0 Å². The van der Waals surface area contributed by atoms with Crippen LogP contribution in [0.5, 0.6) is 0 Å². The van der Waals surface area contributed by atoms with Crippen LogP contribution in [0.3, 0.4) is 0 Å². The predicted molar refractivity (Wildman–Crippen MR) is 58.7 cm³/mol. The van der Waals surface area contributed by atoms with E-state index in [4.69, 9.17) is 58.0 Å². The Morgan fingerprint density at radius 2 is 0.786 bits per heavy atom. The molecule has 0 unspecified atom stereocenters. The van der Waals surface area contributed by atoms with Crippen LogP contribution < -0.4 is 0 Å². The summed E-state index contributed by atoms with van der Waals surface area (Å²) in [5, 5.41) is 0.889. The molecule has 0 spiro atoms. The van der Waals surface area contributed by atoms with Gasteiger partial charge in [-0.05, 0) is 0 Å². The first-order valence-corrected chi connectivity index (χ1v) is 5.01. The first kappa shape index (κ1) is 18.6. The summed E-state index contributed by atoms with van der Waals surface area (Å²) in [7, 11) is 0. The molecule has 8 heteroatoms. The van der Waals surface area contributed by atoms with E-state index in [0.717, 1.165) is 0 Å². The standard InChI is InChI=1S/C6HCl5S.2Zn/c7-1-2(8)4(10)6(12)5(11)3(1)9;;/h12H;;. The van der Waals surface area contributed by atoms with E-state index in [1.807, 2.05) is 0 Å². The molecule has 0 aliphatic heterocycles. The number of hydrogen-bond acceptors (Lipinski definition) is 1. The molecule has 0 bridgehead atoms. The third-order valence-corrected chi connectivity index (χ3v) is 4.17. The fraction of sp³-hybridized carbons (Fsp3) is 0. The SMILES string of the molecule is Sc1c(Cl)c(Cl)c(Cl)c(Cl)c1Cl.[Zn].[Zn]. The van der Waals surface area contributed by atoms with Crippen LogP contribution in [0.25, 0.3) is 0 Å². The minimum Gasteiger partial charge on any atom is -0.140 e. The van der Waals surface area contributed by atoms with E-state index in [0.29, 0.717) is 4.90 Å². The molecular formula is C6HCl5SZn2. The molecule has 0 nitrogen and oxygen atoms in total. The van der Waals surface area contributed by atoms with E-state index in [2.05, 4.69) is 12.6 Å². The molecule has 1 aromatic rings. The van der Waals surface area contributed by atoms with Gasteiger partial charge in [0.15, 0.2) is 0 Å². The Kier molecular flexibility index (Phi) is 10.1. The molecule has 0 radical (unpaired) electrons. The second-order valence-electron chi connectivity index (χ2n) is 1.92. The normalized spacial score (nSPS) is 9.00. The Balaban J connectivity index is 0. The fourth-order valence-electron chi connectivity index (χ4n) is 0.593. The molecule has 1 aromatic carbocycles. The topological polar surface area (TPSA) is 0 Å². The number of halogens is 5. The van der Waals surface area contributed by atoms with Gasteiger partial charge >= 0.3 is 0 Å². The van der Waals surface area contributed by atoms with Crippen molar-refractivity contribution in [1.82, 2.24) is 0 Å². The summed E-state index contributed by atoms with van der Waals surface area (Å²) in [6, 6.07) is 0. The molecule has 0 aliphatic carbocycles. The van der Waals surface area contributed by atoms with E-state index in [-0.39, 0.29) is 64.1 Å². The van der Waals surface area contributed by atoms with Crippen LogP contribution in [-0.4, -0.2) is 0 Å². The maximum atomic E-state index is 5.72. The van der Waals surface area contributed by atoms with Gasteiger partial charge in [-0.1, -0.05) is 58.0 Å². The van der Waals surface area contributed by atoms with Crippen molar-refractivity contribution in [2.75, 3.05) is 0 Å². The molecule has 0 saturated carbocycles. The van der Waals surface area contributed by atoms with Crippen LogP contribution in [0, 0.1) is 0 Å². The van der Waals surface area contributed by atoms with Gasteiger partial charge in [0.25, 0.3) is 0 Å². The van der Waals surface area contributed by atoms with Gasteiger partial charge < -0.3 is 0 Å². The zero-order valence-corrected chi connectivity index (χ0v) is 17.4. The van der Waals surface area contributed by atoms with Crippen molar-refractivity contribution in [2.24, 2.45) is 0 Å². The zero-order valence-electron chi connectivity index (χ0n) is 6.75. The third kappa shape index (κ3) is 3.64. The van der Waals surface area contributed by atoms with Gasteiger partial charge in [-0.25, -0.2) is 0 Å². The number of rotatable bonds is 0. The van der Waals surface area contributed by atoms with Crippen molar-refractivity contribution in [1.29, 1.82) is 0 Å². The maximum absolute atomic E-state index is 5.72. The van der Waals surface area contributed by atoms with Gasteiger partial charge in [0, 0.05) is 43.9 Å². The summed E-state index contributed by atoms with van der Waals surface area (Å²) in [5.41, 5.74) is 0. The minimum absolute atomic E-state index is 0. The first-order valence-electron chi connectivity index (χ1n) is 2.67. The van der Waals surface area contributed by atoms with Gasteiger partial charge in [-0.2, -0.15) is 0 Å². The van der Waals surface area contributed by atoms with E-state index >= 15 is 0 Å². The Morgan fingerprint density at radius 3 is 1.07 bits per heavy atom. The summed E-state index contributed by atoms with van der Waals surface area (Å²) in [5.74, 6) is 0. The van der Waals surface area contributed by atoms with Crippen molar-refractivity contribution in [3.63, 3.8) is 0 Å². The predicted octanol–water partition coefficient (Wildman–Crippen LogP) is 5.24. The van der Waals surface area contributed by atoms with Gasteiger partial charge in [0.1, 0.15) is 0 Å². The second kappa shape index (κ2) is 7.57. The molecule has 0 aliphatic rings. The Hall–Kier alpha value is 2.27. The van der Waals surface area contributed by atoms with Crippen molar-refractivity contribution in [3.05, 3.63) is 25.1 Å². The monoisotopic (exact) mass is 408 g/mol. The minimum atomic E-state index is 0.